The predicted molar refractivity (Wildman–Crippen MR) is 94.8 cm³/mol. The zero-order chi connectivity index (χ0) is 18.1. The van der Waals surface area contributed by atoms with E-state index in [9.17, 15) is 9.90 Å². The van der Waals surface area contributed by atoms with Gasteiger partial charge in [-0.25, -0.2) is 0 Å². The molecule has 1 aromatic heterocycles. The minimum atomic E-state index is -0.557. The summed E-state index contributed by atoms with van der Waals surface area (Å²) in [4.78, 5) is 12.4. The molecule has 0 spiro atoms. The zero-order valence-electron chi connectivity index (χ0n) is 14.0. The van der Waals surface area contributed by atoms with Crippen molar-refractivity contribution in [2.75, 3.05) is 7.11 Å². The van der Waals surface area contributed by atoms with Crippen LogP contribution in [0, 0.1) is 0 Å². The second-order valence-electron chi connectivity index (χ2n) is 5.83. The molecule has 1 aliphatic rings. The van der Waals surface area contributed by atoms with Crippen molar-refractivity contribution in [1.82, 2.24) is 0 Å². The molecule has 0 saturated heterocycles. The minimum absolute atomic E-state index is 0.0636. The highest BCUT2D eigenvalue weighted by Crippen LogP contribution is 2.33. The Balaban J connectivity index is 1.64. The predicted octanol–water partition coefficient (Wildman–Crippen LogP) is 3.42. The number of rotatable bonds is 4. The molecule has 2 aromatic carbocycles. The van der Waals surface area contributed by atoms with Gasteiger partial charge in [0.2, 0.25) is 29.0 Å². The van der Waals surface area contributed by atoms with Gasteiger partial charge in [-0.05, 0) is 17.7 Å². The van der Waals surface area contributed by atoms with Crippen molar-refractivity contribution in [2.45, 2.75) is 12.7 Å². The van der Waals surface area contributed by atoms with Crippen LogP contribution in [-0.2, 0) is 15.9 Å². The smallest absolute Gasteiger partial charge is 0.244 e. The first kappa shape index (κ1) is 16.1. The topological polar surface area (TPSA) is 78.1 Å². The third kappa shape index (κ3) is 2.86. The Morgan fingerprint density at radius 3 is 2.73 bits per heavy atom. The molecule has 0 radical (unpaired) electrons. The lowest BCUT2D eigenvalue weighted by molar-refractivity contribution is -0.0145. The first-order valence-electron chi connectivity index (χ1n) is 8.06. The molecule has 26 heavy (non-hydrogen) atoms. The SMILES string of the molecule is COc1ccc2c(=O)c(O)c(C3=COC(Cc4ccccc4)O3)oc2c1. The highest BCUT2D eigenvalue weighted by molar-refractivity contribution is 5.81. The maximum atomic E-state index is 12.4. The summed E-state index contributed by atoms with van der Waals surface area (Å²) in [6, 6.07) is 14.5. The van der Waals surface area contributed by atoms with E-state index in [4.69, 9.17) is 18.6 Å². The van der Waals surface area contributed by atoms with Crippen molar-refractivity contribution >= 4 is 16.7 Å². The van der Waals surface area contributed by atoms with Crippen LogP contribution < -0.4 is 10.2 Å². The highest BCUT2D eigenvalue weighted by atomic mass is 16.7. The Labute approximate surface area is 148 Å². The van der Waals surface area contributed by atoms with E-state index in [-0.39, 0.29) is 22.5 Å². The summed E-state index contributed by atoms with van der Waals surface area (Å²) in [5.74, 6) is 0.131. The lowest BCUT2D eigenvalue weighted by atomic mass is 10.1. The summed E-state index contributed by atoms with van der Waals surface area (Å²) < 4.78 is 22.0. The molecular weight excluding hydrogens is 336 g/mol. The van der Waals surface area contributed by atoms with E-state index in [0.29, 0.717) is 12.2 Å². The zero-order valence-corrected chi connectivity index (χ0v) is 14.0. The average molecular weight is 352 g/mol. The van der Waals surface area contributed by atoms with E-state index in [1.54, 1.807) is 18.2 Å². The normalized spacial score (nSPS) is 16.0. The first-order chi connectivity index (χ1) is 12.7. The van der Waals surface area contributed by atoms with Crippen molar-refractivity contribution in [1.29, 1.82) is 0 Å². The van der Waals surface area contributed by atoms with Gasteiger partial charge in [-0.1, -0.05) is 30.3 Å². The summed E-state index contributed by atoms with van der Waals surface area (Å²) in [5.41, 5.74) is 0.791. The quantitative estimate of drug-likeness (QED) is 0.775. The molecule has 6 heteroatoms. The van der Waals surface area contributed by atoms with E-state index in [1.807, 2.05) is 30.3 Å². The Kier molecular flexibility index (Phi) is 4.01. The molecule has 1 aliphatic heterocycles. The summed E-state index contributed by atoms with van der Waals surface area (Å²) in [5, 5.41) is 10.5. The Hall–Kier alpha value is -3.41. The van der Waals surface area contributed by atoms with Gasteiger partial charge in [0.05, 0.1) is 12.5 Å². The molecule has 0 aliphatic carbocycles. The van der Waals surface area contributed by atoms with Crippen molar-refractivity contribution in [3.63, 3.8) is 0 Å². The first-order valence-corrected chi connectivity index (χ1v) is 8.06. The number of methoxy groups -OCH3 is 1. The molecule has 0 bridgehead atoms. The molecule has 2 heterocycles. The van der Waals surface area contributed by atoms with Gasteiger partial charge in [0.1, 0.15) is 17.6 Å². The van der Waals surface area contributed by atoms with E-state index >= 15 is 0 Å². The van der Waals surface area contributed by atoms with Crippen LogP contribution in [0.25, 0.3) is 16.7 Å². The van der Waals surface area contributed by atoms with Crippen molar-refractivity contribution in [3.05, 3.63) is 76.3 Å². The summed E-state index contributed by atoms with van der Waals surface area (Å²) in [6.07, 6.45) is 1.31. The molecule has 132 valence electrons. The second kappa shape index (κ2) is 6.48. The molecule has 1 atom stereocenters. The van der Waals surface area contributed by atoms with Gasteiger partial charge < -0.3 is 23.7 Å². The van der Waals surface area contributed by atoms with Gasteiger partial charge in [0.15, 0.2) is 0 Å². The lowest BCUT2D eigenvalue weighted by Crippen LogP contribution is -2.12. The largest absolute Gasteiger partial charge is 0.501 e. The number of hydrogen-bond donors (Lipinski definition) is 1. The van der Waals surface area contributed by atoms with Crippen LogP contribution in [0.4, 0.5) is 0 Å². The fourth-order valence-corrected chi connectivity index (χ4v) is 2.80. The maximum absolute atomic E-state index is 12.4. The highest BCUT2D eigenvalue weighted by Gasteiger charge is 2.27. The van der Waals surface area contributed by atoms with Crippen LogP contribution >= 0.6 is 0 Å². The Morgan fingerprint density at radius 2 is 1.96 bits per heavy atom. The van der Waals surface area contributed by atoms with E-state index in [1.165, 1.54) is 13.4 Å². The molecule has 1 N–H and O–H groups in total. The van der Waals surface area contributed by atoms with Crippen molar-refractivity contribution < 1.29 is 23.7 Å². The van der Waals surface area contributed by atoms with E-state index < -0.39 is 17.5 Å². The fraction of sp³-hybridized carbons (Fsp3) is 0.150. The third-order valence-electron chi connectivity index (χ3n) is 4.13. The van der Waals surface area contributed by atoms with Crippen molar-refractivity contribution in [3.8, 4) is 11.5 Å². The summed E-state index contributed by atoms with van der Waals surface area (Å²) in [7, 11) is 1.52. The van der Waals surface area contributed by atoms with Gasteiger partial charge in [0.25, 0.3) is 0 Å². The maximum Gasteiger partial charge on any atom is 0.244 e. The minimum Gasteiger partial charge on any atom is -0.501 e. The van der Waals surface area contributed by atoms with E-state index in [2.05, 4.69) is 0 Å². The number of hydrogen-bond acceptors (Lipinski definition) is 6. The Morgan fingerprint density at radius 1 is 1.15 bits per heavy atom. The van der Waals surface area contributed by atoms with Gasteiger partial charge >= 0.3 is 0 Å². The monoisotopic (exact) mass is 352 g/mol. The molecule has 1 unspecified atom stereocenters. The van der Waals surface area contributed by atoms with Crippen LogP contribution in [-0.4, -0.2) is 18.5 Å². The number of benzene rings is 2. The Bertz CT molecular complexity index is 1040. The molecule has 4 rings (SSSR count). The lowest BCUT2D eigenvalue weighted by Gasteiger charge is -2.12. The average Bonchev–Trinajstić information content (AvgIpc) is 3.13. The molecule has 6 nitrogen and oxygen atoms in total. The number of aromatic hydroxyl groups is 1. The molecule has 0 saturated carbocycles. The third-order valence-corrected chi connectivity index (χ3v) is 4.13. The summed E-state index contributed by atoms with van der Waals surface area (Å²) in [6.45, 7) is 0. The molecule has 0 amide bonds. The van der Waals surface area contributed by atoms with Gasteiger partial charge in [-0.2, -0.15) is 0 Å². The molecular formula is C20H16O6. The standard InChI is InChI=1S/C20H16O6/c1-23-13-7-8-14-15(10-13)26-20(19(22)18(14)21)16-11-24-17(25-16)9-12-5-3-2-4-6-12/h2-8,10-11,17,22H,9H2,1H3. The number of ether oxygens (including phenoxy) is 3. The van der Waals surface area contributed by atoms with Crippen LogP contribution in [0.2, 0.25) is 0 Å². The van der Waals surface area contributed by atoms with Gasteiger partial charge in [-0.3, -0.25) is 4.79 Å². The van der Waals surface area contributed by atoms with Crippen LogP contribution in [0.5, 0.6) is 11.5 Å². The summed E-state index contributed by atoms with van der Waals surface area (Å²) >= 11 is 0. The number of fused-ring (bicyclic) bond motifs is 1. The van der Waals surface area contributed by atoms with Gasteiger partial charge in [0, 0.05) is 12.5 Å². The molecule has 0 fully saturated rings. The second-order valence-corrected chi connectivity index (χ2v) is 5.83. The fourth-order valence-electron chi connectivity index (χ4n) is 2.80. The van der Waals surface area contributed by atoms with Crippen molar-refractivity contribution in [2.24, 2.45) is 0 Å². The van der Waals surface area contributed by atoms with Crippen LogP contribution in [0.15, 0.2) is 64.0 Å². The molecule has 3 aromatic rings. The van der Waals surface area contributed by atoms with Crippen LogP contribution in [0.1, 0.15) is 11.3 Å². The van der Waals surface area contributed by atoms with E-state index in [0.717, 1.165) is 5.56 Å². The van der Waals surface area contributed by atoms with Crippen LogP contribution in [0.3, 0.4) is 0 Å². The van der Waals surface area contributed by atoms with Gasteiger partial charge in [-0.15, -0.1) is 0 Å².